The summed E-state index contributed by atoms with van der Waals surface area (Å²) < 4.78 is 0. The van der Waals surface area contributed by atoms with E-state index < -0.39 is 0 Å². The maximum Gasteiger partial charge on any atom is 0.0252 e. The van der Waals surface area contributed by atoms with Crippen LogP contribution in [0.5, 0.6) is 0 Å². The van der Waals surface area contributed by atoms with Gasteiger partial charge in [0.1, 0.15) is 0 Å². The van der Waals surface area contributed by atoms with Gasteiger partial charge in [-0.3, -0.25) is 4.90 Å². The summed E-state index contributed by atoms with van der Waals surface area (Å²) in [5.41, 5.74) is 6.81. The molecule has 4 unspecified atom stereocenters. The van der Waals surface area contributed by atoms with Gasteiger partial charge in [0.15, 0.2) is 0 Å². The predicted octanol–water partition coefficient (Wildman–Crippen LogP) is 2.23. The lowest BCUT2D eigenvalue weighted by atomic mass is 9.87. The van der Waals surface area contributed by atoms with E-state index in [9.17, 15) is 0 Å². The Morgan fingerprint density at radius 2 is 1.69 bits per heavy atom. The minimum Gasteiger partial charge on any atom is -0.326 e. The third kappa shape index (κ3) is 1.62. The molecule has 0 aromatic heterocycles. The van der Waals surface area contributed by atoms with Gasteiger partial charge in [-0.1, -0.05) is 20.3 Å². The van der Waals surface area contributed by atoms with Crippen LogP contribution in [0, 0.1) is 17.3 Å². The molecule has 2 aliphatic carbocycles. The molecule has 2 saturated carbocycles. The maximum atomic E-state index is 6.45. The fourth-order valence-electron chi connectivity index (χ4n) is 4.34. The van der Waals surface area contributed by atoms with E-state index in [-0.39, 0.29) is 0 Å². The van der Waals surface area contributed by atoms with Crippen LogP contribution in [0.25, 0.3) is 0 Å². The van der Waals surface area contributed by atoms with Crippen molar-refractivity contribution in [1.29, 1.82) is 0 Å². The molecule has 0 bridgehead atoms. The Bertz CT molecular complexity index is 262. The van der Waals surface area contributed by atoms with E-state index in [1.807, 2.05) is 0 Å². The van der Waals surface area contributed by atoms with Crippen molar-refractivity contribution in [2.75, 3.05) is 13.1 Å². The Morgan fingerprint density at radius 3 is 2.19 bits per heavy atom. The van der Waals surface area contributed by atoms with Crippen LogP contribution >= 0.6 is 0 Å². The van der Waals surface area contributed by atoms with E-state index in [2.05, 4.69) is 18.7 Å². The first-order chi connectivity index (χ1) is 7.58. The minimum absolute atomic E-state index is 0.363. The molecule has 2 N–H and O–H groups in total. The predicted molar refractivity (Wildman–Crippen MR) is 67.2 cm³/mol. The normalized spacial score (nSPS) is 47.4. The minimum atomic E-state index is 0.363. The highest BCUT2D eigenvalue weighted by molar-refractivity contribution is 5.02. The number of nitrogens with zero attached hydrogens (tertiary/aromatic N) is 1. The van der Waals surface area contributed by atoms with Crippen LogP contribution in [0.3, 0.4) is 0 Å². The molecule has 0 aromatic rings. The van der Waals surface area contributed by atoms with Gasteiger partial charge in [-0.25, -0.2) is 0 Å². The number of hydrogen-bond acceptors (Lipinski definition) is 2. The summed E-state index contributed by atoms with van der Waals surface area (Å²) >= 11 is 0. The van der Waals surface area contributed by atoms with Gasteiger partial charge < -0.3 is 5.73 Å². The van der Waals surface area contributed by atoms with Gasteiger partial charge in [0.25, 0.3) is 0 Å². The first-order valence-corrected chi connectivity index (χ1v) is 7.07. The molecular weight excluding hydrogens is 196 g/mol. The zero-order valence-corrected chi connectivity index (χ0v) is 10.8. The van der Waals surface area contributed by atoms with Crippen LogP contribution in [0.15, 0.2) is 0 Å². The summed E-state index contributed by atoms with van der Waals surface area (Å²) in [4.78, 5) is 2.73. The Balaban J connectivity index is 1.67. The third-order valence-electron chi connectivity index (χ3n) is 5.62. The van der Waals surface area contributed by atoms with Gasteiger partial charge >= 0.3 is 0 Å². The molecule has 1 aliphatic heterocycles. The van der Waals surface area contributed by atoms with E-state index in [1.54, 1.807) is 0 Å². The van der Waals surface area contributed by atoms with Crippen molar-refractivity contribution in [1.82, 2.24) is 4.90 Å². The highest BCUT2D eigenvalue weighted by atomic mass is 15.2. The van der Waals surface area contributed by atoms with Gasteiger partial charge in [0.2, 0.25) is 0 Å². The van der Waals surface area contributed by atoms with Gasteiger partial charge in [-0.2, -0.15) is 0 Å². The van der Waals surface area contributed by atoms with Crippen LogP contribution in [0.4, 0.5) is 0 Å². The molecule has 3 rings (SSSR count). The van der Waals surface area contributed by atoms with Crippen molar-refractivity contribution < 1.29 is 0 Å². The smallest absolute Gasteiger partial charge is 0.0252 e. The Labute approximate surface area is 99.6 Å². The van der Waals surface area contributed by atoms with Crippen LogP contribution < -0.4 is 5.73 Å². The monoisotopic (exact) mass is 222 g/mol. The lowest BCUT2D eigenvalue weighted by Crippen LogP contribution is -2.48. The van der Waals surface area contributed by atoms with E-state index in [4.69, 9.17) is 5.73 Å². The van der Waals surface area contributed by atoms with Crippen molar-refractivity contribution in [3.8, 4) is 0 Å². The SMILES string of the molecule is CC1(C)CCC(N2CC3CCCC3C2)C1N. The molecule has 4 atom stereocenters. The van der Waals surface area contributed by atoms with Gasteiger partial charge in [-0.15, -0.1) is 0 Å². The summed E-state index contributed by atoms with van der Waals surface area (Å²) in [6, 6.07) is 1.08. The summed E-state index contributed by atoms with van der Waals surface area (Å²) in [7, 11) is 0. The fraction of sp³-hybridized carbons (Fsp3) is 1.00. The fourth-order valence-corrected chi connectivity index (χ4v) is 4.34. The number of nitrogens with two attached hydrogens (primary N) is 1. The molecule has 16 heavy (non-hydrogen) atoms. The number of fused-ring (bicyclic) bond motifs is 1. The van der Waals surface area contributed by atoms with Crippen LogP contribution in [0.1, 0.15) is 46.0 Å². The van der Waals surface area contributed by atoms with Crippen molar-refractivity contribution >= 4 is 0 Å². The highest BCUT2D eigenvalue weighted by Gasteiger charge is 2.46. The van der Waals surface area contributed by atoms with Crippen LogP contribution in [0.2, 0.25) is 0 Å². The van der Waals surface area contributed by atoms with Gasteiger partial charge in [0.05, 0.1) is 0 Å². The summed E-state index contributed by atoms with van der Waals surface area (Å²) in [6.07, 6.45) is 7.07. The van der Waals surface area contributed by atoms with E-state index in [0.29, 0.717) is 17.5 Å². The first-order valence-electron chi connectivity index (χ1n) is 7.07. The zero-order chi connectivity index (χ0) is 11.3. The average molecular weight is 222 g/mol. The van der Waals surface area contributed by atoms with Crippen molar-refractivity contribution in [2.24, 2.45) is 23.0 Å². The third-order valence-corrected chi connectivity index (χ3v) is 5.62. The molecular formula is C14H26N2. The molecule has 92 valence electrons. The van der Waals surface area contributed by atoms with Crippen LogP contribution in [-0.2, 0) is 0 Å². The summed E-state index contributed by atoms with van der Waals surface area (Å²) in [5.74, 6) is 2.02. The summed E-state index contributed by atoms with van der Waals surface area (Å²) in [5, 5.41) is 0. The second-order valence-electron chi connectivity index (χ2n) is 7.03. The Hall–Kier alpha value is -0.0800. The molecule has 0 spiro atoms. The number of likely N-dealkylation sites (tertiary alicyclic amines) is 1. The average Bonchev–Trinajstić information content (AvgIpc) is 2.82. The maximum absolute atomic E-state index is 6.45. The van der Waals surface area contributed by atoms with Crippen LogP contribution in [-0.4, -0.2) is 30.1 Å². The molecule has 1 heterocycles. The molecule has 0 radical (unpaired) electrons. The van der Waals surface area contributed by atoms with Gasteiger partial charge in [0, 0.05) is 25.2 Å². The molecule has 0 aromatic carbocycles. The zero-order valence-electron chi connectivity index (χ0n) is 10.8. The largest absolute Gasteiger partial charge is 0.326 e. The van der Waals surface area contributed by atoms with Crippen molar-refractivity contribution in [3.05, 3.63) is 0 Å². The number of hydrogen-bond donors (Lipinski definition) is 1. The quantitative estimate of drug-likeness (QED) is 0.737. The molecule has 1 saturated heterocycles. The highest BCUT2D eigenvalue weighted by Crippen LogP contribution is 2.44. The van der Waals surface area contributed by atoms with Gasteiger partial charge in [-0.05, 0) is 42.9 Å². The van der Waals surface area contributed by atoms with Crippen molar-refractivity contribution in [2.45, 2.75) is 58.0 Å². The van der Waals surface area contributed by atoms with E-state index in [1.165, 1.54) is 45.2 Å². The standard InChI is InChI=1S/C14H26N2/c1-14(2)7-6-12(13(14)15)16-8-10-4-3-5-11(10)9-16/h10-13H,3-9,15H2,1-2H3. The Morgan fingerprint density at radius 1 is 1.06 bits per heavy atom. The van der Waals surface area contributed by atoms with E-state index >= 15 is 0 Å². The molecule has 0 amide bonds. The second-order valence-corrected chi connectivity index (χ2v) is 7.03. The first kappa shape index (κ1) is 11.0. The lowest BCUT2D eigenvalue weighted by Gasteiger charge is -2.32. The number of rotatable bonds is 1. The molecule has 2 nitrogen and oxygen atoms in total. The Kier molecular flexibility index (Phi) is 2.56. The molecule has 2 heteroatoms. The second kappa shape index (κ2) is 3.71. The van der Waals surface area contributed by atoms with E-state index in [0.717, 1.165) is 11.8 Å². The molecule has 3 aliphatic rings. The van der Waals surface area contributed by atoms with Crippen molar-refractivity contribution in [3.63, 3.8) is 0 Å². The summed E-state index contributed by atoms with van der Waals surface area (Å²) in [6.45, 7) is 7.38. The topological polar surface area (TPSA) is 29.3 Å². The lowest BCUT2D eigenvalue weighted by molar-refractivity contribution is 0.185. The molecule has 3 fully saturated rings.